The van der Waals surface area contributed by atoms with E-state index in [1.807, 2.05) is 13.8 Å². The van der Waals surface area contributed by atoms with Gasteiger partial charge in [-0.25, -0.2) is 4.98 Å². The third-order valence-corrected chi connectivity index (χ3v) is 2.64. The summed E-state index contributed by atoms with van der Waals surface area (Å²) in [5.41, 5.74) is 0.534. The molecule has 88 valence electrons. The highest BCUT2D eigenvalue weighted by Crippen LogP contribution is 2.11. The molecule has 0 bridgehead atoms. The van der Waals surface area contributed by atoms with Crippen LogP contribution in [0.4, 0.5) is 0 Å². The lowest BCUT2D eigenvalue weighted by Gasteiger charge is -2.12. The van der Waals surface area contributed by atoms with Crippen molar-refractivity contribution < 1.29 is 9.53 Å². The summed E-state index contributed by atoms with van der Waals surface area (Å²) in [6.45, 7) is 4.99. The Bertz CT molecular complexity index is 358. The number of amides is 1. The lowest BCUT2D eigenvalue weighted by molar-refractivity contribution is 0.0694. The number of hydrogen-bond donors (Lipinski definition) is 1. The van der Waals surface area contributed by atoms with Gasteiger partial charge in [0.05, 0.1) is 11.7 Å². The van der Waals surface area contributed by atoms with E-state index in [1.54, 1.807) is 18.3 Å². The Kier molecular flexibility index (Phi) is 5.42. The molecule has 1 aromatic rings. The molecule has 0 fully saturated rings. The van der Waals surface area contributed by atoms with Gasteiger partial charge in [0.15, 0.2) is 0 Å². The Morgan fingerprint density at radius 1 is 1.69 bits per heavy atom. The third kappa shape index (κ3) is 3.90. The van der Waals surface area contributed by atoms with E-state index in [0.717, 1.165) is 0 Å². The molecule has 1 aromatic heterocycles. The van der Waals surface area contributed by atoms with Gasteiger partial charge in [-0.1, -0.05) is 0 Å². The molecule has 0 saturated carbocycles. The summed E-state index contributed by atoms with van der Waals surface area (Å²) < 4.78 is 5.87. The molecule has 0 radical (unpaired) electrons. The molecule has 1 unspecified atom stereocenters. The van der Waals surface area contributed by atoms with Gasteiger partial charge in [0.1, 0.15) is 4.60 Å². The highest BCUT2D eigenvalue weighted by atomic mass is 79.9. The first-order chi connectivity index (χ1) is 7.65. The number of hydrogen-bond acceptors (Lipinski definition) is 3. The third-order valence-electron chi connectivity index (χ3n) is 2.00. The smallest absolute Gasteiger partial charge is 0.254 e. The topological polar surface area (TPSA) is 51.2 Å². The Hall–Kier alpha value is -0.940. The fourth-order valence-corrected chi connectivity index (χ4v) is 1.66. The standard InChI is InChI=1S/C11H15BrN2O2/c1-3-16-8(2)7-14-11(15)9-5-4-6-13-10(9)12/h4-6,8H,3,7H2,1-2H3,(H,14,15). The number of carbonyl (C=O) groups is 1. The van der Waals surface area contributed by atoms with Crippen LogP contribution in [0, 0.1) is 0 Å². The number of rotatable bonds is 5. The van der Waals surface area contributed by atoms with E-state index in [9.17, 15) is 4.79 Å². The fraction of sp³-hybridized carbons (Fsp3) is 0.455. The van der Waals surface area contributed by atoms with Gasteiger partial charge in [0, 0.05) is 19.3 Å². The first kappa shape index (κ1) is 13.1. The van der Waals surface area contributed by atoms with Crippen LogP contribution in [0.5, 0.6) is 0 Å². The van der Waals surface area contributed by atoms with E-state index in [4.69, 9.17) is 4.74 Å². The molecule has 1 amide bonds. The molecule has 0 aliphatic rings. The highest BCUT2D eigenvalue weighted by Gasteiger charge is 2.11. The fourth-order valence-electron chi connectivity index (χ4n) is 1.23. The zero-order valence-corrected chi connectivity index (χ0v) is 11.0. The molecule has 0 aliphatic carbocycles. The van der Waals surface area contributed by atoms with Gasteiger partial charge in [0.25, 0.3) is 5.91 Å². The monoisotopic (exact) mass is 286 g/mol. The molecule has 1 rings (SSSR count). The molecule has 16 heavy (non-hydrogen) atoms. The van der Waals surface area contributed by atoms with Crippen LogP contribution < -0.4 is 5.32 Å². The van der Waals surface area contributed by atoms with Crippen LogP contribution >= 0.6 is 15.9 Å². The minimum absolute atomic E-state index is 0.0180. The molecule has 0 saturated heterocycles. The second kappa shape index (κ2) is 6.60. The van der Waals surface area contributed by atoms with Crippen LogP contribution in [0.1, 0.15) is 24.2 Å². The van der Waals surface area contributed by atoms with Crippen molar-refractivity contribution >= 4 is 21.8 Å². The normalized spacial score (nSPS) is 12.2. The summed E-state index contributed by atoms with van der Waals surface area (Å²) in [5, 5.41) is 2.79. The van der Waals surface area contributed by atoms with Gasteiger partial charge < -0.3 is 10.1 Å². The molecule has 0 aromatic carbocycles. The Balaban J connectivity index is 2.50. The van der Waals surface area contributed by atoms with Gasteiger partial charge >= 0.3 is 0 Å². The van der Waals surface area contributed by atoms with Crippen molar-refractivity contribution in [2.45, 2.75) is 20.0 Å². The van der Waals surface area contributed by atoms with Crippen LogP contribution in [-0.4, -0.2) is 30.1 Å². The molecule has 0 aliphatic heterocycles. The molecular weight excluding hydrogens is 272 g/mol. The average molecular weight is 287 g/mol. The predicted octanol–water partition coefficient (Wildman–Crippen LogP) is 2.00. The molecule has 0 spiro atoms. The number of halogens is 1. The summed E-state index contributed by atoms with van der Waals surface area (Å²) in [6.07, 6.45) is 1.65. The van der Waals surface area contributed by atoms with Crippen LogP contribution in [0.2, 0.25) is 0 Å². The maximum absolute atomic E-state index is 11.7. The largest absolute Gasteiger partial charge is 0.377 e. The van der Waals surface area contributed by atoms with Crippen molar-refractivity contribution in [3.05, 3.63) is 28.5 Å². The maximum atomic E-state index is 11.7. The lowest BCUT2D eigenvalue weighted by atomic mass is 10.2. The number of carbonyl (C=O) groups excluding carboxylic acids is 1. The minimum atomic E-state index is -0.147. The van der Waals surface area contributed by atoms with Gasteiger partial charge in [-0.2, -0.15) is 0 Å². The average Bonchev–Trinajstić information content (AvgIpc) is 2.27. The van der Waals surface area contributed by atoms with Crippen molar-refractivity contribution in [2.24, 2.45) is 0 Å². The van der Waals surface area contributed by atoms with Crippen molar-refractivity contribution in [2.75, 3.05) is 13.2 Å². The summed E-state index contributed by atoms with van der Waals surface area (Å²) >= 11 is 3.23. The second-order valence-corrected chi connectivity index (χ2v) is 4.07. The summed E-state index contributed by atoms with van der Waals surface area (Å²) in [7, 11) is 0. The van der Waals surface area contributed by atoms with E-state index in [-0.39, 0.29) is 12.0 Å². The van der Waals surface area contributed by atoms with E-state index in [0.29, 0.717) is 23.3 Å². The Morgan fingerprint density at radius 3 is 3.06 bits per heavy atom. The van der Waals surface area contributed by atoms with Crippen LogP contribution in [0.25, 0.3) is 0 Å². The minimum Gasteiger partial charge on any atom is -0.377 e. The van der Waals surface area contributed by atoms with Crippen molar-refractivity contribution in [1.82, 2.24) is 10.3 Å². The van der Waals surface area contributed by atoms with Crippen molar-refractivity contribution in [1.29, 1.82) is 0 Å². The zero-order chi connectivity index (χ0) is 12.0. The maximum Gasteiger partial charge on any atom is 0.254 e. The number of nitrogens with one attached hydrogen (secondary N) is 1. The number of nitrogens with zero attached hydrogens (tertiary/aromatic N) is 1. The number of ether oxygens (including phenoxy) is 1. The molecule has 4 nitrogen and oxygen atoms in total. The first-order valence-electron chi connectivity index (χ1n) is 5.15. The van der Waals surface area contributed by atoms with Gasteiger partial charge in [0.2, 0.25) is 0 Å². The van der Waals surface area contributed by atoms with Crippen molar-refractivity contribution in [3.8, 4) is 0 Å². The first-order valence-corrected chi connectivity index (χ1v) is 5.94. The molecule has 1 N–H and O–H groups in total. The lowest BCUT2D eigenvalue weighted by Crippen LogP contribution is -2.32. The van der Waals surface area contributed by atoms with Crippen LogP contribution in [-0.2, 0) is 4.74 Å². The summed E-state index contributed by atoms with van der Waals surface area (Å²) in [5.74, 6) is -0.147. The predicted molar refractivity (Wildman–Crippen MR) is 65.4 cm³/mol. The Morgan fingerprint density at radius 2 is 2.44 bits per heavy atom. The second-order valence-electron chi connectivity index (χ2n) is 3.32. The van der Waals surface area contributed by atoms with E-state index >= 15 is 0 Å². The summed E-state index contributed by atoms with van der Waals surface area (Å²) in [4.78, 5) is 15.7. The van der Waals surface area contributed by atoms with Gasteiger partial charge in [-0.3, -0.25) is 4.79 Å². The zero-order valence-electron chi connectivity index (χ0n) is 9.37. The van der Waals surface area contributed by atoms with Gasteiger partial charge in [-0.15, -0.1) is 0 Å². The molecule has 1 atom stereocenters. The SMILES string of the molecule is CCOC(C)CNC(=O)c1cccnc1Br. The van der Waals surface area contributed by atoms with E-state index in [2.05, 4.69) is 26.2 Å². The van der Waals surface area contributed by atoms with Crippen LogP contribution in [0.15, 0.2) is 22.9 Å². The Labute approximate surface area is 104 Å². The van der Waals surface area contributed by atoms with Crippen LogP contribution in [0.3, 0.4) is 0 Å². The number of aromatic nitrogens is 1. The van der Waals surface area contributed by atoms with E-state index < -0.39 is 0 Å². The highest BCUT2D eigenvalue weighted by molar-refractivity contribution is 9.10. The number of pyridine rings is 1. The van der Waals surface area contributed by atoms with E-state index in [1.165, 1.54) is 0 Å². The van der Waals surface area contributed by atoms with Crippen molar-refractivity contribution in [3.63, 3.8) is 0 Å². The molecular formula is C11H15BrN2O2. The molecule has 5 heteroatoms. The quantitative estimate of drug-likeness (QED) is 0.843. The van der Waals surface area contributed by atoms with Gasteiger partial charge in [-0.05, 0) is 41.9 Å². The molecule has 1 heterocycles. The summed E-state index contributed by atoms with van der Waals surface area (Å²) in [6, 6.07) is 3.45.